The molecular formula is C10H11N4Na2O9P. The van der Waals surface area contributed by atoms with E-state index in [2.05, 4.69) is 14.5 Å². The summed E-state index contributed by atoms with van der Waals surface area (Å²) in [6, 6.07) is 0. The molecule has 16 heteroatoms. The number of aliphatic hydroxyl groups is 2. The first-order valence-corrected chi connectivity index (χ1v) is 8.01. The zero-order chi connectivity index (χ0) is 17.6. The summed E-state index contributed by atoms with van der Waals surface area (Å²) in [6.45, 7) is -0.691. The van der Waals surface area contributed by atoms with Crippen LogP contribution in [-0.2, 0) is 13.8 Å². The van der Waals surface area contributed by atoms with Crippen LogP contribution in [0.2, 0.25) is 0 Å². The van der Waals surface area contributed by atoms with Crippen molar-refractivity contribution in [2.24, 2.45) is 0 Å². The number of fused-ring (bicyclic) bond motifs is 1. The number of nitrogens with one attached hydrogen (secondary N) is 2. The van der Waals surface area contributed by atoms with E-state index >= 15 is 0 Å². The van der Waals surface area contributed by atoms with Gasteiger partial charge in [-0.3, -0.25) is 19.3 Å². The van der Waals surface area contributed by atoms with E-state index in [9.17, 15) is 29.0 Å². The van der Waals surface area contributed by atoms with Crippen LogP contribution in [0.15, 0.2) is 15.9 Å². The van der Waals surface area contributed by atoms with Crippen LogP contribution in [0.5, 0.6) is 0 Å². The van der Waals surface area contributed by atoms with Crippen LogP contribution in [0, 0.1) is 0 Å². The molecule has 26 heavy (non-hydrogen) atoms. The Balaban J connectivity index is 0.00000169. The molecule has 1 saturated heterocycles. The number of hydrogen-bond acceptors (Lipinski definition) is 10. The molecule has 2 aromatic heterocycles. The molecule has 0 amide bonds. The van der Waals surface area contributed by atoms with Crippen LogP contribution in [0.1, 0.15) is 6.23 Å². The minimum Gasteiger partial charge on any atom is -0.790 e. The molecule has 1 aliphatic heterocycles. The summed E-state index contributed by atoms with van der Waals surface area (Å²) in [5.74, 6) is 0. The number of aliphatic hydroxyl groups excluding tert-OH is 2. The van der Waals surface area contributed by atoms with E-state index in [0.717, 1.165) is 10.9 Å². The van der Waals surface area contributed by atoms with Gasteiger partial charge in [0.25, 0.3) is 5.56 Å². The molecule has 0 bridgehead atoms. The quantitative estimate of drug-likeness (QED) is 0.277. The first-order chi connectivity index (χ1) is 11.2. The van der Waals surface area contributed by atoms with Gasteiger partial charge in [-0.15, -0.1) is 0 Å². The van der Waals surface area contributed by atoms with E-state index in [1.165, 1.54) is 0 Å². The Labute approximate surface area is 188 Å². The Kier molecular flexibility index (Phi) is 8.46. The Morgan fingerprint density at radius 1 is 1.35 bits per heavy atom. The van der Waals surface area contributed by atoms with Gasteiger partial charge in [0.2, 0.25) is 0 Å². The van der Waals surface area contributed by atoms with Gasteiger partial charge in [0.1, 0.15) is 24.0 Å². The number of ether oxygens (including phenoxy) is 1. The summed E-state index contributed by atoms with van der Waals surface area (Å²) in [5.41, 5.74) is -1.99. The molecule has 0 aromatic carbocycles. The number of phosphoric ester groups is 1. The summed E-state index contributed by atoms with van der Waals surface area (Å²) in [5, 5.41) is 19.1. The van der Waals surface area contributed by atoms with E-state index in [1.54, 1.807) is 0 Å². The van der Waals surface area contributed by atoms with Crippen molar-refractivity contribution in [1.82, 2.24) is 19.5 Å². The molecule has 2 aromatic rings. The molecule has 13 nitrogen and oxygen atoms in total. The summed E-state index contributed by atoms with van der Waals surface area (Å²) >= 11 is 0. The fourth-order valence-electron chi connectivity index (χ4n) is 2.50. The normalized spacial score (nSPS) is 25.7. The van der Waals surface area contributed by atoms with Crippen molar-refractivity contribution < 1.29 is 92.9 Å². The number of aromatic nitrogens is 4. The summed E-state index contributed by atoms with van der Waals surface area (Å²) in [4.78, 5) is 52.8. The van der Waals surface area contributed by atoms with Gasteiger partial charge in [0, 0.05) is 0 Å². The number of aromatic amines is 2. The van der Waals surface area contributed by atoms with Gasteiger partial charge in [-0.2, -0.15) is 0 Å². The van der Waals surface area contributed by atoms with Crippen LogP contribution in [-0.4, -0.2) is 54.7 Å². The first kappa shape index (κ1) is 24.2. The van der Waals surface area contributed by atoms with E-state index in [1.807, 2.05) is 4.98 Å². The van der Waals surface area contributed by atoms with Gasteiger partial charge >= 0.3 is 64.8 Å². The third kappa shape index (κ3) is 4.75. The molecule has 0 aliphatic carbocycles. The number of imidazole rings is 1. The molecule has 0 unspecified atom stereocenters. The molecule has 3 rings (SSSR count). The standard InChI is InChI=1S/C10H13N4O9P.2Na/c15-1-3-5(16)6(23-24(19,20)21)9(22-3)14-2-11-4-7(14)12-10(18)13-8(4)17;;/h2-3,5-6,9,15-16H,1H2,(H2,19,20,21)(H2,12,13,17,18);;/q;2*+1/p-2/t3-,5-,6-,9-;;/m1../s1. The molecule has 132 valence electrons. The number of hydrogen-bond donors (Lipinski definition) is 4. The minimum atomic E-state index is -5.50. The Bertz CT molecular complexity index is 923. The van der Waals surface area contributed by atoms with Crippen molar-refractivity contribution in [2.45, 2.75) is 24.5 Å². The predicted octanol–water partition coefficient (Wildman–Crippen LogP) is -10.1. The molecule has 0 spiro atoms. The van der Waals surface area contributed by atoms with Crippen molar-refractivity contribution in [3.63, 3.8) is 0 Å². The molecular weight excluding hydrogens is 397 g/mol. The van der Waals surface area contributed by atoms with Crippen molar-refractivity contribution in [3.8, 4) is 0 Å². The summed E-state index contributed by atoms with van der Waals surface area (Å²) in [6.07, 6.45) is -5.01. The molecule has 4 atom stereocenters. The smallest absolute Gasteiger partial charge is 0.790 e. The Morgan fingerprint density at radius 2 is 2.00 bits per heavy atom. The average Bonchev–Trinajstić information content (AvgIpc) is 3.00. The molecule has 3 heterocycles. The average molecular weight is 408 g/mol. The molecule has 1 aliphatic rings. The zero-order valence-corrected chi connectivity index (χ0v) is 18.6. The summed E-state index contributed by atoms with van der Waals surface area (Å²) in [7, 11) is -5.50. The van der Waals surface area contributed by atoms with E-state index < -0.39 is 50.2 Å². The maximum atomic E-state index is 11.7. The van der Waals surface area contributed by atoms with E-state index in [4.69, 9.17) is 9.84 Å². The second kappa shape index (κ2) is 9.09. The van der Waals surface area contributed by atoms with Crippen LogP contribution >= 0.6 is 7.82 Å². The molecule has 0 radical (unpaired) electrons. The predicted molar refractivity (Wildman–Crippen MR) is 70.5 cm³/mol. The first-order valence-electron chi connectivity index (χ1n) is 6.55. The third-order valence-electron chi connectivity index (χ3n) is 3.49. The van der Waals surface area contributed by atoms with Crippen molar-refractivity contribution in [2.75, 3.05) is 6.61 Å². The maximum Gasteiger partial charge on any atom is 1.00 e. The fraction of sp³-hybridized carbons (Fsp3) is 0.500. The van der Waals surface area contributed by atoms with Gasteiger partial charge in [0.15, 0.2) is 11.7 Å². The van der Waals surface area contributed by atoms with Crippen molar-refractivity contribution >= 4 is 19.0 Å². The topological polar surface area (TPSA) is 206 Å². The zero-order valence-electron chi connectivity index (χ0n) is 13.7. The minimum absolute atomic E-state index is 0. The number of phosphoric acid groups is 1. The van der Waals surface area contributed by atoms with E-state index in [-0.39, 0.29) is 70.3 Å². The third-order valence-corrected chi connectivity index (χ3v) is 3.99. The van der Waals surface area contributed by atoms with Crippen molar-refractivity contribution in [1.29, 1.82) is 0 Å². The fourth-order valence-corrected chi connectivity index (χ4v) is 3.03. The SMILES string of the molecule is O=c1[nH]c(=O)c2ncn([C@@H]3O[C@H](CO)[C@@H](O)[C@H]3OP(=O)([O-])[O-])c2[nH]1.[Na+].[Na+]. The molecule has 4 N–H and O–H groups in total. The largest absolute Gasteiger partial charge is 1.00 e. The van der Waals surface area contributed by atoms with Gasteiger partial charge in [-0.05, 0) is 0 Å². The second-order valence-electron chi connectivity index (χ2n) is 5.01. The van der Waals surface area contributed by atoms with Crippen molar-refractivity contribution in [3.05, 3.63) is 27.2 Å². The van der Waals surface area contributed by atoms with Gasteiger partial charge in [-0.25, -0.2) is 9.78 Å². The second-order valence-corrected chi connectivity index (χ2v) is 6.12. The molecule has 1 fully saturated rings. The van der Waals surface area contributed by atoms with Crippen LogP contribution < -0.4 is 80.2 Å². The number of nitrogens with zero attached hydrogens (tertiary/aromatic N) is 2. The van der Waals surface area contributed by atoms with Crippen LogP contribution in [0.25, 0.3) is 11.2 Å². The number of rotatable bonds is 4. The van der Waals surface area contributed by atoms with Gasteiger partial charge < -0.3 is 33.8 Å². The maximum absolute atomic E-state index is 11.7. The molecule has 0 saturated carbocycles. The van der Waals surface area contributed by atoms with Gasteiger partial charge in [0.05, 0.1) is 20.8 Å². The number of H-pyrrole nitrogens is 2. The Hall–Kier alpha value is 0.140. The monoisotopic (exact) mass is 408 g/mol. The summed E-state index contributed by atoms with van der Waals surface area (Å²) < 4.78 is 21.5. The van der Waals surface area contributed by atoms with Crippen LogP contribution in [0.4, 0.5) is 0 Å². The van der Waals surface area contributed by atoms with Gasteiger partial charge in [-0.1, -0.05) is 0 Å². The Morgan fingerprint density at radius 3 is 2.58 bits per heavy atom. The van der Waals surface area contributed by atoms with E-state index in [0.29, 0.717) is 0 Å². The van der Waals surface area contributed by atoms with Crippen LogP contribution in [0.3, 0.4) is 0 Å².